The smallest absolute Gasteiger partial charge is 0.242 e. The minimum Gasteiger partial charge on any atom is -0.377 e. The molecule has 148 valence electrons. The summed E-state index contributed by atoms with van der Waals surface area (Å²) in [5.41, 5.74) is 2.18. The number of carbonyl (C=O) groups excluding carboxylic acids is 1. The topological polar surface area (TPSA) is 87.7 Å². The van der Waals surface area contributed by atoms with Gasteiger partial charge in [0.25, 0.3) is 0 Å². The van der Waals surface area contributed by atoms with Gasteiger partial charge in [-0.1, -0.05) is 0 Å². The number of aryl methyl sites for hydroxylation is 1. The molecule has 9 heteroatoms. The lowest BCUT2D eigenvalue weighted by Crippen LogP contribution is -2.33. The normalized spacial score (nSPS) is 17.2. The second-order valence-corrected chi connectivity index (χ2v) is 8.67. The van der Waals surface area contributed by atoms with Crippen LogP contribution < -0.4 is 10.6 Å². The summed E-state index contributed by atoms with van der Waals surface area (Å²) in [5, 5.41) is 5.88. The average molecular weight is 406 g/mol. The number of nitrogens with one attached hydrogen (secondary N) is 2. The van der Waals surface area contributed by atoms with Crippen LogP contribution in [-0.2, 0) is 19.6 Å². The number of amides is 1. The third kappa shape index (κ3) is 5.65. The minimum absolute atomic E-state index is 0. The molecular weight excluding hydrogens is 378 g/mol. The molecule has 0 aliphatic carbocycles. The van der Waals surface area contributed by atoms with Crippen LogP contribution in [-0.4, -0.2) is 58.5 Å². The van der Waals surface area contributed by atoms with E-state index >= 15 is 0 Å². The predicted molar refractivity (Wildman–Crippen MR) is 105 cm³/mol. The number of rotatable bonds is 7. The second-order valence-electron chi connectivity index (χ2n) is 6.51. The number of hydrogen-bond acceptors (Lipinski definition) is 5. The molecule has 1 aliphatic heterocycles. The number of ether oxygens (including phenoxy) is 1. The van der Waals surface area contributed by atoms with Gasteiger partial charge in [0.15, 0.2) is 0 Å². The third-order valence-electron chi connectivity index (χ3n) is 4.38. The van der Waals surface area contributed by atoms with Crippen molar-refractivity contribution in [1.29, 1.82) is 0 Å². The molecule has 0 saturated carbocycles. The molecule has 1 amide bonds. The van der Waals surface area contributed by atoms with Gasteiger partial charge in [0.2, 0.25) is 15.9 Å². The Bertz CT molecular complexity index is 732. The molecule has 1 atom stereocenters. The summed E-state index contributed by atoms with van der Waals surface area (Å²) in [7, 11) is -0.585. The van der Waals surface area contributed by atoms with E-state index in [2.05, 4.69) is 10.6 Å². The molecule has 1 aliphatic rings. The quantitative estimate of drug-likeness (QED) is 0.720. The number of benzene rings is 1. The molecule has 0 spiro atoms. The zero-order valence-electron chi connectivity index (χ0n) is 15.7. The van der Waals surface area contributed by atoms with Gasteiger partial charge >= 0.3 is 0 Å². The first-order valence-corrected chi connectivity index (χ1v) is 9.81. The summed E-state index contributed by atoms with van der Waals surface area (Å²) < 4.78 is 31.3. The van der Waals surface area contributed by atoms with Gasteiger partial charge in [0, 0.05) is 32.9 Å². The summed E-state index contributed by atoms with van der Waals surface area (Å²) in [6.45, 7) is 5.26. The van der Waals surface area contributed by atoms with E-state index in [-0.39, 0.29) is 35.9 Å². The molecule has 1 fully saturated rings. The van der Waals surface area contributed by atoms with Crippen molar-refractivity contribution in [3.8, 4) is 0 Å². The Morgan fingerprint density at radius 3 is 2.58 bits per heavy atom. The van der Waals surface area contributed by atoms with Crippen molar-refractivity contribution >= 4 is 34.0 Å². The highest BCUT2D eigenvalue weighted by Gasteiger charge is 2.20. The lowest BCUT2D eigenvalue weighted by Gasteiger charge is -2.17. The van der Waals surface area contributed by atoms with Gasteiger partial charge in [-0.15, -0.1) is 12.4 Å². The fraction of sp³-hybridized carbons (Fsp3) is 0.588. The van der Waals surface area contributed by atoms with Crippen LogP contribution in [0.25, 0.3) is 0 Å². The molecule has 1 unspecified atom stereocenters. The molecule has 0 aromatic heterocycles. The van der Waals surface area contributed by atoms with E-state index in [1.807, 2.05) is 13.8 Å². The van der Waals surface area contributed by atoms with Crippen molar-refractivity contribution in [3.63, 3.8) is 0 Å². The van der Waals surface area contributed by atoms with E-state index in [4.69, 9.17) is 4.74 Å². The molecule has 7 nitrogen and oxygen atoms in total. The highest BCUT2D eigenvalue weighted by molar-refractivity contribution is 7.89. The van der Waals surface area contributed by atoms with Crippen molar-refractivity contribution in [3.05, 3.63) is 23.3 Å². The van der Waals surface area contributed by atoms with Crippen LogP contribution in [0.5, 0.6) is 0 Å². The van der Waals surface area contributed by atoms with Crippen LogP contribution in [0.1, 0.15) is 24.0 Å². The number of hydrogen-bond donors (Lipinski definition) is 2. The number of anilines is 1. The molecule has 1 aromatic rings. The monoisotopic (exact) mass is 405 g/mol. The number of sulfonamides is 1. The zero-order valence-corrected chi connectivity index (χ0v) is 17.3. The molecule has 1 saturated heterocycles. The summed E-state index contributed by atoms with van der Waals surface area (Å²) in [4.78, 5) is 12.3. The highest BCUT2D eigenvalue weighted by atomic mass is 35.5. The van der Waals surface area contributed by atoms with Crippen LogP contribution >= 0.6 is 12.4 Å². The summed E-state index contributed by atoms with van der Waals surface area (Å²) in [6.07, 6.45) is 2.24. The Hall–Kier alpha value is -1.19. The summed E-state index contributed by atoms with van der Waals surface area (Å²) in [6, 6.07) is 3.13. The van der Waals surface area contributed by atoms with Crippen molar-refractivity contribution in [2.75, 3.05) is 39.1 Å². The van der Waals surface area contributed by atoms with Crippen molar-refractivity contribution in [1.82, 2.24) is 9.62 Å². The van der Waals surface area contributed by atoms with Gasteiger partial charge < -0.3 is 15.4 Å². The van der Waals surface area contributed by atoms with E-state index in [1.54, 1.807) is 6.07 Å². The SMILES string of the molecule is Cc1cc(S(=O)(=O)N(C)C)cc(NC(=O)CNCC2CCCO2)c1C.Cl. The molecule has 2 rings (SSSR count). The Morgan fingerprint density at radius 2 is 2.00 bits per heavy atom. The molecule has 1 heterocycles. The van der Waals surface area contributed by atoms with Crippen LogP contribution in [0.15, 0.2) is 17.0 Å². The maximum Gasteiger partial charge on any atom is 0.242 e. The van der Waals surface area contributed by atoms with Crippen LogP contribution in [0.2, 0.25) is 0 Å². The molecule has 1 aromatic carbocycles. The van der Waals surface area contributed by atoms with Crippen LogP contribution in [0, 0.1) is 13.8 Å². The van der Waals surface area contributed by atoms with E-state index in [9.17, 15) is 13.2 Å². The lowest BCUT2D eigenvalue weighted by atomic mass is 10.1. The molecular formula is C17H28ClN3O4S. The average Bonchev–Trinajstić information content (AvgIpc) is 3.04. The lowest BCUT2D eigenvalue weighted by molar-refractivity contribution is -0.115. The Kier molecular flexibility index (Phi) is 8.49. The van der Waals surface area contributed by atoms with E-state index < -0.39 is 10.0 Å². The third-order valence-corrected chi connectivity index (χ3v) is 6.17. The fourth-order valence-corrected chi connectivity index (χ4v) is 3.68. The van der Waals surface area contributed by atoms with Crippen molar-refractivity contribution < 1.29 is 17.9 Å². The van der Waals surface area contributed by atoms with Gasteiger partial charge in [0.1, 0.15) is 0 Å². The fourth-order valence-electron chi connectivity index (χ4n) is 2.66. The minimum atomic E-state index is -3.55. The van der Waals surface area contributed by atoms with Crippen LogP contribution in [0.3, 0.4) is 0 Å². The second kappa shape index (κ2) is 9.66. The van der Waals surface area contributed by atoms with Gasteiger partial charge in [-0.05, 0) is 49.9 Å². The van der Waals surface area contributed by atoms with Crippen molar-refractivity contribution in [2.45, 2.75) is 37.7 Å². The number of nitrogens with zero attached hydrogens (tertiary/aromatic N) is 1. The maximum absolute atomic E-state index is 12.3. The Labute approximate surface area is 161 Å². The van der Waals surface area contributed by atoms with Crippen LogP contribution in [0.4, 0.5) is 5.69 Å². The maximum atomic E-state index is 12.3. The highest BCUT2D eigenvalue weighted by Crippen LogP contribution is 2.25. The van der Waals surface area contributed by atoms with Gasteiger partial charge in [0.05, 0.1) is 17.5 Å². The van der Waals surface area contributed by atoms with E-state index in [0.29, 0.717) is 12.2 Å². The molecule has 0 radical (unpaired) electrons. The molecule has 0 bridgehead atoms. The first kappa shape index (κ1) is 22.9. The first-order chi connectivity index (χ1) is 11.7. The molecule has 26 heavy (non-hydrogen) atoms. The summed E-state index contributed by atoms with van der Waals surface area (Å²) >= 11 is 0. The Morgan fingerprint density at radius 1 is 1.31 bits per heavy atom. The Balaban J connectivity index is 0.00000338. The molecule has 2 N–H and O–H groups in total. The van der Waals surface area contributed by atoms with Gasteiger partial charge in [-0.25, -0.2) is 12.7 Å². The van der Waals surface area contributed by atoms with E-state index in [1.165, 1.54) is 20.2 Å². The zero-order chi connectivity index (χ0) is 18.6. The van der Waals surface area contributed by atoms with Crippen molar-refractivity contribution in [2.24, 2.45) is 0 Å². The van der Waals surface area contributed by atoms with E-state index in [0.717, 1.165) is 34.9 Å². The number of carbonyl (C=O) groups is 1. The first-order valence-electron chi connectivity index (χ1n) is 8.37. The predicted octanol–water partition coefficient (Wildman–Crippen LogP) is 1.68. The summed E-state index contributed by atoms with van der Waals surface area (Å²) in [5.74, 6) is -0.208. The largest absolute Gasteiger partial charge is 0.377 e. The van der Waals surface area contributed by atoms with Gasteiger partial charge in [-0.3, -0.25) is 4.79 Å². The van der Waals surface area contributed by atoms with Gasteiger partial charge in [-0.2, -0.15) is 0 Å². The standard InChI is InChI=1S/C17H27N3O4S.ClH/c1-12-8-15(25(22,23)20(3)4)9-16(13(12)2)19-17(21)11-18-10-14-6-5-7-24-14;/h8-9,14,18H,5-7,10-11H2,1-4H3,(H,19,21);1H. The number of halogens is 1.